The van der Waals surface area contributed by atoms with Gasteiger partial charge in [0.1, 0.15) is 18.2 Å². The van der Waals surface area contributed by atoms with Crippen LogP contribution in [0.2, 0.25) is 0 Å². The molecule has 2 aliphatic heterocycles. The van der Waals surface area contributed by atoms with Gasteiger partial charge in [0.2, 0.25) is 5.91 Å². The first-order chi connectivity index (χ1) is 12.3. The van der Waals surface area contributed by atoms with Crippen molar-refractivity contribution >= 4 is 5.91 Å². The highest BCUT2D eigenvalue weighted by Crippen LogP contribution is 2.31. The number of aromatic nitrogens is 2. The molecule has 1 unspecified atom stereocenters. The summed E-state index contributed by atoms with van der Waals surface area (Å²) < 4.78 is 8.01. The predicted octanol–water partition coefficient (Wildman–Crippen LogP) is 2.86. The maximum absolute atomic E-state index is 12.9. The lowest BCUT2D eigenvalue weighted by Crippen LogP contribution is -2.44. The average Bonchev–Trinajstić information content (AvgIpc) is 3.16. The number of rotatable bonds is 3. The van der Waals surface area contributed by atoms with Crippen molar-refractivity contribution < 1.29 is 9.53 Å². The predicted molar refractivity (Wildman–Crippen MR) is 95.6 cm³/mol. The number of carbonyl (C=O) groups excluding carboxylic acids is 1. The second-order valence-corrected chi connectivity index (χ2v) is 6.99. The van der Waals surface area contributed by atoms with Crippen molar-refractivity contribution in [2.24, 2.45) is 5.92 Å². The molecule has 0 aliphatic carbocycles. The Hall–Kier alpha value is -2.30. The smallest absolute Gasteiger partial charge is 0.229 e. The molecule has 2 aliphatic rings. The zero-order chi connectivity index (χ0) is 17.2. The van der Waals surface area contributed by atoms with Crippen LogP contribution in [0.5, 0.6) is 5.75 Å². The molecule has 2 aromatic rings. The van der Waals surface area contributed by atoms with E-state index in [2.05, 4.69) is 22.5 Å². The van der Waals surface area contributed by atoms with E-state index in [-0.39, 0.29) is 11.8 Å². The van der Waals surface area contributed by atoms with Crippen LogP contribution in [0.3, 0.4) is 0 Å². The minimum Gasteiger partial charge on any atom is -0.492 e. The van der Waals surface area contributed by atoms with E-state index in [9.17, 15) is 4.79 Å². The molecule has 1 fully saturated rings. The minimum absolute atomic E-state index is 0.0518. The molecular weight excluding hydrogens is 314 g/mol. The monoisotopic (exact) mass is 339 g/mol. The van der Waals surface area contributed by atoms with Crippen molar-refractivity contribution in [1.82, 2.24) is 14.5 Å². The SMILES string of the molecule is CCn1ccnc1C1CCN(C(=O)C2COc3ccccc3C2)CC1. The Bertz CT molecular complexity index is 747. The maximum atomic E-state index is 12.9. The van der Waals surface area contributed by atoms with Crippen molar-refractivity contribution in [2.75, 3.05) is 19.7 Å². The second kappa shape index (κ2) is 6.90. The van der Waals surface area contributed by atoms with Crippen LogP contribution in [0.1, 0.15) is 37.1 Å². The number of hydrogen-bond acceptors (Lipinski definition) is 3. The number of piperidine rings is 1. The molecule has 0 bridgehead atoms. The van der Waals surface area contributed by atoms with Crippen LogP contribution in [0.15, 0.2) is 36.7 Å². The Labute approximate surface area is 148 Å². The van der Waals surface area contributed by atoms with Gasteiger partial charge in [0.05, 0.1) is 5.92 Å². The van der Waals surface area contributed by atoms with Gasteiger partial charge in [-0.15, -0.1) is 0 Å². The lowest BCUT2D eigenvalue weighted by Gasteiger charge is -2.35. The molecule has 1 aromatic heterocycles. The molecule has 25 heavy (non-hydrogen) atoms. The summed E-state index contributed by atoms with van der Waals surface area (Å²) in [6.45, 7) is 5.23. The van der Waals surface area contributed by atoms with Crippen LogP contribution >= 0.6 is 0 Å². The first-order valence-corrected chi connectivity index (χ1v) is 9.26. The van der Waals surface area contributed by atoms with E-state index < -0.39 is 0 Å². The number of ether oxygens (including phenoxy) is 1. The Morgan fingerprint density at radius 2 is 2.08 bits per heavy atom. The molecule has 1 atom stereocenters. The van der Waals surface area contributed by atoms with Crippen LogP contribution in [0.25, 0.3) is 0 Å². The zero-order valence-electron chi connectivity index (χ0n) is 14.7. The Morgan fingerprint density at radius 3 is 2.88 bits per heavy atom. The highest BCUT2D eigenvalue weighted by molar-refractivity contribution is 5.80. The highest BCUT2D eigenvalue weighted by Gasteiger charge is 2.32. The molecule has 1 aromatic carbocycles. The number of aryl methyl sites for hydroxylation is 1. The van der Waals surface area contributed by atoms with Crippen molar-refractivity contribution in [2.45, 2.75) is 38.6 Å². The first-order valence-electron chi connectivity index (χ1n) is 9.26. The third-order valence-corrected chi connectivity index (χ3v) is 5.49. The average molecular weight is 339 g/mol. The molecule has 3 heterocycles. The van der Waals surface area contributed by atoms with E-state index in [0.29, 0.717) is 12.5 Å². The van der Waals surface area contributed by atoms with Gasteiger partial charge in [0, 0.05) is 37.9 Å². The number of benzene rings is 1. The summed E-state index contributed by atoms with van der Waals surface area (Å²) in [5, 5.41) is 0. The molecule has 1 saturated heterocycles. The third-order valence-electron chi connectivity index (χ3n) is 5.49. The molecule has 0 spiro atoms. The first kappa shape index (κ1) is 16.2. The van der Waals surface area contributed by atoms with Crippen molar-refractivity contribution in [3.63, 3.8) is 0 Å². The van der Waals surface area contributed by atoms with E-state index in [1.165, 1.54) is 5.82 Å². The number of carbonyl (C=O) groups is 1. The summed E-state index contributed by atoms with van der Waals surface area (Å²) in [4.78, 5) is 19.5. The quantitative estimate of drug-likeness (QED) is 0.864. The van der Waals surface area contributed by atoms with Crippen LogP contribution in [-0.2, 0) is 17.8 Å². The summed E-state index contributed by atoms with van der Waals surface area (Å²) in [6, 6.07) is 8.03. The van der Waals surface area contributed by atoms with Crippen LogP contribution < -0.4 is 4.74 Å². The normalized spacial score (nSPS) is 20.8. The third kappa shape index (κ3) is 3.15. The number of para-hydroxylation sites is 1. The maximum Gasteiger partial charge on any atom is 0.229 e. The molecule has 1 amide bonds. The number of likely N-dealkylation sites (tertiary alicyclic amines) is 1. The van der Waals surface area contributed by atoms with Crippen molar-refractivity contribution in [3.05, 3.63) is 48.0 Å². The largest absolute Gasteiger partial charge is 0.492 e. The molecule has 5 heteroatoms. The minimum atomic E-state index is -0.0518. The Balaban J connectivity index is 1.37. The standard InChI is InChI=1S/C20H25N3O2/c1-2-22-12-9-21-19(22)15-7-10-23(11-8-15)20(24)17-13-16-5-3-4-6-18(16)25-14-17/h3-6,9,12,15,17H,2,7-8,10-11,13-14H2,1H3. The zero-order valence-corrected chi connectivity index (χ0v) is 14.7. The van der Waals surface area contributed by atoms with Crippen LogP contribution in [0.4, 0.5) is 0 Å². The summed E-state index contributed by atoms with van der Waals surface area (Å²) in [7, 11) is 0. The van der Waals surface area contributed by atoms with E-state index in [1.807, 2.05) is 35.5 Å². The summed E-state index contributed by atoms with van der Waals surface area (Å²) in [6.07, 6.45) is 6.70. The molecule has 0 saturated carbocycles. The van der Waals surface area contributed by atoms with Gasteiger partial charge < -0.3 is 14.2 Å². The van der Waals surface area contributed by atoms with Gasteiger partial charge in [-0.2, -0.15) is 0 Å². The van der Waals surface area contributed by atoms with Gasteiger partial charge in [-0.25, -0.2) is 4.98 Å². The molecule has 0 N–H and O–H groups in total. The summed E-state index contributed by atoms with van der Waals surface area (Å²) in [5.74, 6) is 2.75. The Kier molecular flexibility index (Phi) is 4.47. The van der Waals surface area contributed by atoms with Crippen LogP contribution in [-0.4, -0.2) is 40.1 Å². The number of fused-ring (bicyclic) bond motifs is 1. The van der Waals surface area contributed by atoms with Gasteiger partial charge in [-0.1, -0.05) is 18.2 Å². The van der Waals surface area contributed by atoms with Gasteiger partial charge in [-0.05, 0) is 37.8 Å². The van der Waals surface area contributed by atoms with Crippen LogP contribution in [0, 0.1) is 5.92 Å². The molecule has 0 radical (unpaired) electrons. The number of imidazole rings is 1. The van der Waals surface area contributed by atoms with E-state index in [4.69, 9.17) is 4.74 Å². The molecule has 5 nitrogen and oxygen atoms in total. The van der Waals surface area contributed by atoms with Gasteiger partial charge in [0.15, 0.2) is 0 Å². The summed E-state index contributed by atoms with van der Waals surface area (Å²) in [5.41, 5.74) is 1.15. The van der Waals surface area contributed by atoms with E-state index >= 15 is 0 Å². The lowest BCUT2D eigenvalue weighted by atomic mass is 9.92. The number of amides is 1. The second-order valence-electron chi connectivity index (χ2n) is 6.99. The lowest BCUT2D eigenvalue weighted by molar-refractivity contribution is -0.138. The molecular formula is C20H25N3O2. The topological polar surface area (TPSA) is 47.4 Å². The highest BCUT2D eigenvalue weighted by atomic mass is 16.5. The van der Waals surface area contributed by atoms with Crippen molar-refractivity contribution in [1.29, 1.82) is 0 Å². The summed E-state index contributed by atoms with van der Waals surface area (Å²) >= 11 is 0. The fourth-order valence-corrected chi connectivity index (χ4v) is 4.05. The fourth-order valence-electron chi connectivity index (χ4n) is 4.05. The number of hydrogen-bond donors (Lipinski definition) is 0. The fraction of sp³-hybridized carbons (Fsp3) is 0.500. The van der Waals surface area contributed by atoms with E-state index in [1.54, 1.807) is 0 Å². The van der Waals surface area contributed by atoms with Gasteiger partial charge in [-0.3, -0.25) is 4.79 Å². The number of nitrogens with zero attached hydrogens (tertiary/aromatic N) is 3. The van der Waals surface area contributed by atoms with Crippen molar-refractivity contribution in [3.8, 4) is 5.75 Å². The Morgan fingerprint density at radius 1 is 1.28 bits per heavy atom. The van der Waals surface area contributed by atoms with E-state index in [0.717, 1.165) is 50.2 Å². The van der Waals surface area contributed by atoms with Gasteiger partial charge >= 0.3 is 0 Å². The van der Waals surface area contributed by atoms with Gasteiger partial charge in [0.25, 0.3) is 0 Å². The molecule has 4 rings (SSSR count). The molecule has 132 valence electrons.